The van der Waals surface area contributed by atoms with E-state index in [1.165, 1.54) is 30.3 Å². The molecule has 4 rings (SSSR count). The van der Waals surface area contributed by atoms with Gasteiger partial charge in [-0.2, -0.15) is 0 Å². The van der Waals surface area contributed by atoms with Crippen LogP contribution < -0.4 is 4.90 Å². The first-order valence-electron chi connectivity index (χ1n) is 9.36. The zero-order chi connectivity index (χ0) is 20.4. The normalized spacial score (nSPS) is 14.7. The van der Waals surface area contributed by atoms with Gasteiger partial charge in [-0.25, -0.2) is 4.39 Å². The van der Waals surface area contributed by atoms with Crippen LogP contribution in [0.3, 0.4) is 0 Å². The number of anilines is 1. The Bertz CT molecular complexity index is 1070. The first-order chi connectivity index (χ1) is 14.0. The van der Waals surface area contributed by atoms with Gasteiger partial charge in [0, 0.05) is 44.0 Å². The summed E-state index contributed by atoms with van der Waals surface area (Å²) in [5, 5.41) is 11.8. The van der Waals surface area contributed by atoms with Gasteiger partial charge in [0.05, 0.1) is 16.0 Å². The molecule has 0 atom stereocenters. The van der Waals surface area contributed by atoms with Gasteiger partial charge in [-0.1, -0.05) is 0 Å². The van der Waals surface area contributed by atoms with Crippen molar-refractivity contribution >= 4 is 28.2 Å². The summed E-state index contributed by atoms with van der Waals surface area (Å²) in [7, 11) is 0. The fourth-order valence-corrected chi connectivity index (χ4v) is 3.69. The number of fused-ring (bicyclic) bond motifs is 1. The fourth-order valence-electron chi connectivity index (χ4n) is 3.69. The molecule has 29 heavy (non-hydrogen) atoms. The summed E-state index contributed by atoms with van der Waals surface area (Å²) in [6.45, 7) is 2.37. The van der Waals surface area contributed by atoms with Gasteiger partial charge >= 0.3 is 0 Å². The van der Waals surface area contributed by atoms with Crippen LogP contribution in [0.15, 0.2) is 54.7 Å². The molecule has 1 aliphatic heterocycles. The van der Waals surface area contributed by atoms with Crippen molar-refractivity contribution in [3.05, 3.63) is 76.2 Å². The number of non-ortho nitro benzene ring substituents is 1. The third-order valence-electron chi connectivity index (χ3n) is 5.14. The lowest BCUT2D eigenvalue weighted by Gasteiger charge is -2.24. The lowest BCUT2D eigenvalue weighted by Crippen LogP contribution is -2.35. The van der Waals surface area contributed by atoms with Crippen LogP contribution in [0.25, 0.3) is 10.9 Å². The van der Waals surface area contributed by atoms with Gasteiger partial charge in [0.2, 0.25) is 0 Å². The molecule has 0 radical (unpaired) electrons. The molecule has 0 bridgehead atoms. The van der Waals surface area contributed by atoms with Crippen LogP contribution in [0.1, 0.15) is 16.8 Å². The Morgan fingerprint density at radius 3 is 2.59 bits per heavy atom. The average Bonchev–Trinajstić information content (AvgIpc) is 2.99. The second-order valence-electron chi connectivity index (χ2n) is 6.90. The van der Waals surface area contributed by atoms with Crippen LogP contribution in [-0.2, 0) is 0 Å². The number of nitro groups is 1. The molecule has 148 valence electrons. The summed E-state index contributed by atoms with van der Waals surface area (Å²) in [5.74, 6) is -0.500. The average molecular weight is 394 g/mol. The number of carbonyl (C=O) groups is 1. The highest BCUT2D eigenvalue weighted by molar-refractivity contribution is 5.97. The summed E-state index contributed by atoms with van der Waals surface area (Å²) >= 11 is 0. The Hall–Kier alpha value is -3.55. The van der Waals surface area contributed by atoms with Crippen molar-refractivity contribution in [1.82, 2.24) is 9.88 Å². The highest BCUT2D eigenvalue weighted by Crippen LogP contribution is 2.32. The van der Waals surface area contributed by atoms with Gasteiger partial charge in [0.15, 0.2) is 0 Å². The smallest absolute Gasteiger partial charge is 0.278 e. The summed E-state index contributed by atoms with van der Waals surface area (Å²) in [5.41, 5.74) is 1.89. The fraction of sp³-hybridized carbons (Fsp3) is 0.238. The summed E-state index contributed by atoms with van der Waals surface area (Å²) in [6.07, 6.45) is 2.37. The maximum absolute atomic E-state index is 13.1. The molecule has 1 fully saturated rings. The predicted molar refractivity (Wildman–Crippen MR) is 108 cm³/mol. The second-order valence-corrected chi connectivity index (χ2v) is 6.90. The van der Waals surface area contributed by atoms with Crippen molar-refractivity contribution in [2.45, 2.75) is 6.42 Å². The van der Waals surface area contributed by atoms with Crippen LogP contribution in [-0.4, -0.2) is 46.9 Å². The molecule has 0 saturated carbocycles. The van der Waals surface area contributed by atoms with E-state index in [1.54, 1.807) is 29.3 Å². The van der Waals surface area contributed by atoms with Gasteiger partial charge in [-0.05, 0) is 48.9 Å². The maximum Gasteiger partial charge on any atom is 0.278 e. The number of rotatable bonds is 3. The number of aromatic nitrogens is 1. The zero-order valence-corrected chi connectivity index (χ0v) is 15.6. The van der Waals surface area contributed by atoms with E-state index in [9.17, 15) is 19.3 Å². The molecule has 1 aromatic heterocycles. The van der Waals surface area contributed by atoms with Crippen LogP contribution in [0.2, 0.25) is 0 Å². The standard InChI is InChI=1S/C21H19FN4O3/c22-16-6-4-15(5-7-16)21(27)25-12-2-11-24(13-14-25)19-9-8-18(26(28)29)17-3-1-10-23-20(17)19/h1,3-10H,2,11-14H2. The van der Waals surface area contributed by atoms with Crippen molar-refractivity contribution in [1.29, 1.82) is 0 Å². The molecule has 0 N–H and O–H groups in total. The lowest BCUT2D eigenvalue weighted by atomic mass is 10.1. The SMILES string of the molecule is O=C(c1ccc(F)cc1)N1CCCN(c2ccc([N+](=O)[O-])c3cccnc23)CC1. The number of nitro benzene ring substituents is 1. The van der Waals surface area contributed by atoms with Crippen LogP contribution >= 0.6 is 0 Å². The molecule has 7 nitrogen and oxygen atoms in total. The van der Waals surface area contributed by atoms with E-state index in [4.69, 9.17) is 0 Å². The Balaban J connectivity index is 1.58. The Labute approximate surface area is 166 Å². The number of halogens is 1. The number of hydrogen-bond acceptors (Lipinski definition) is 5. The van der Waals surface area contributed by atoms with Crippen LogP contribution in [0, 0.1) is 15.9 Å². The largest absolute Gasteiger partial charge is 0.368 e. The lowest BCUT2D eigenvalue weighted by molar-refractivity contribution is -0.383. The first-order valence-corrected chi connectivity index (χ1v) is 9.36. The molecular formula is C21H19FN4O3. The topological polar surface area (TPSA) is 79.6 Å². The van der Waals surface area contributed by atoms with Crippen LogP contribution in [0.4, 0.5) is 15.8 Å². The minimum atomic E-state index is -0.403. The summed E-state index contributed by atoms with van der Waals surface area (Å²) in [6, 6.07) is 12.2. The van der Waals surface area contributed by atoms with Crippen molar-refractivity contribution in [3.8, 4) is 0 Å². The molecule has 2 aromatic carbocycles. The van der Waals surface area contributed by atoms with E-state index < -0.39 is 4.92 Å². The zero-order valence-electron chi connectivity index (χ0n) is 15.6. The maximum atomic E-state index is 13.1. The van der Waals surface area contributed by atoms with Gasteiger partial charge < -0.3 is 9.80 Å². The molecule has 0 unspecified atom stereocenters. The van der Waals surface area contributed by atoms with E-state index in [1.807, 2.05) is 0 Å². The highest BCUT2D eigenvalue weighted by atomic mass is 19.1. The van der Waals surface area contributed by atoms with Crippen molar-refractivity contribution in [2.75, 3.05) is 31.1 Å². The van der Waals surface area contributed by atoms with E-state index in [0.29, 0.717) is 42.6 Å². The summed E-state index contributed by atoms with van der Waals surface area (Å²) in [4.78, 5) is 31.9. The van der Waals surface area contributed by atoms with E-state index in [-0.39, 0.29) is 17.4 Å². The molecule has 1 saturated heterocycles. The molecule has 8 heteroatoms. The number of carbonyl (C=O) groups excluding carboxylic acids is 1. The number of nitrogens with zero attached hydrogens (tertiary/aromatic N) is 4. The van der Waals surface area contributed by atoms with E-state index in [2.05, 4.69) is 9.88 Å². The van der Waals surface area contributed by atoms with Crippen molar-refractivity contribution < 1.29 is 14.1 Å². The molecule has 2 heterocycles. The predicted octanol–water partition coefficient (Wildman–Crippen LogP) is 3.63. The third kappa shape index (κ3) is 3.73. The molecule has 1 amide bonds. The third-order valence-corrected chi connectivity index (χ3v) is 5.14. The molecular weight excluding hydrogens is 375 g/mol. The number of pyridine rings is 1. The quantitative estimate of drug-likeness (QED) is 0.501. The highest BCUT2D eigenvalue weighted by Gasteiger charge is 2.23. The Morgan fingerprint density at radius 2 is 1.83 bits per heavy atom. The minimum Gasteiger partial charge on any atom is -0.368 e. The number of hydrogen-bond donors (Lipinski definition) is 0. The molecule has 0 spiro atoms. The molecule has 0 aliphatic carbocycles. The van der Waals surface area contributed by atoms with E-state index in [0.717, 1.165) is 12.1 Å². The second kappa shape index (κ2) is 7.83. The first kappa shape index (κ1) is 18.8. The van der Waals surface area contributed by atoms with E-state index >= 15 is 0 Å². The van der Waals surface area contributed by atoms with Gasteiger partial charge in [-0.3, -0.25) is 19.9 Å². The Kier molecular flexibility index (Phi) is 5.07. The van der Waals surface area contributed by atoms with Gasteiger partial charge in [0.1, 0.15) is 11.3 Å². The van der Waals surface area contributed by atoms with Crippen molar-refractivity contribution in [2.24, 2.45) is 0 Å². The van der Waals surface area contributed by atoms with Crippen molar-refractivity contribution in [3.63, 3.8) is 0 Å². The summed E-state index contributed by atoms with van der Waals surface area (Å²) < 4.78 is 13.1. The minimum absolute atomic E-state index is 0.0276. The van der Waals surface area contributed by atoms with Gasteiger partial charge in [-0.15, -0.1) is 0 Å². The number of amides is 1. The monoisotopic (exact) mass is 394 g/mol. The molecule has 1 aliphatic rings. The number of benzene rings is 2. The van der Waals surface area contributed by atoms with Crippen LogP contribution in [0.5, 0.6) is 0 Å². The molecule has 3 aromatic rings. The Morgan fingerprint density at radius 1 is 1.03 bits per heavy atom. The van der Waals surface area contributed by atoms with Gasteiger partial charge in [0.25, 0.3) is 11.6 Å².